The van der Waals surface area contributed by atoms with Gasteiger partial charge in [-0.2, -0.15) is 10.2 Å². The Kier molecular flexibility index (Phi) is 4.79. The molecule has 0 unspecified atom stereocenters. The molecule has 1 saturated heterocycles. The van der Waals surface area contributed by atoms with E-state index in [0.717, 1.165) is 30.0 Å². The van der Waals surface area contributed by atoms with Crippen molar-refractivity contribution >= 4 is 11.5 Å². The predicted octanol–water partition coefficient (Wildman–Crippen LogP) is 4.30. The Labute approximate surface area is 193 Å². The first-order valence-electron chi connectivity index (χ1n) is 11.0. The Morgan fingerprint density at radius 3 is 2.68 bits per heavy atom. The third-order valence-corrected chi connectivity index (χ3v) is 6.14. The van der Waals surface area contributed by atoms with E-state index in [2.05, 4.69) is 20.2 Å². The van der Waals surface area contributed by atoms with Crippen LogP contribution in [0.25, 0.3) is 22.5 Å². The highest BCUT2D eigenvalue weighted by molar-refractivity contribution is 5.64. The SMILES string of the molecule is Cc1ncc(-c2cnn(-c3cnn4ccc(N5CCC[C@@H]5c5cc(F)ccc5F)nc34)c2)cn1. The van der Waals surface area contributed by atoms with Crippen LogP contribution in [0.3, 0.4) is 0 Å². The maximum absolute atomic E-state index is 14.5. The molecule has 0 spiro atoms. The van der Waals surface area contributed by atoms with E-state index in [0.29, 0.717) is 35.1 Å². The van der Waals surface area contributed by atoms with Crippen molar-refractivity contribution in [1.29, 1.82) is 0 Å². The molecular weight excluding hydrogens is 438 g/mol. The summed E-state index contributed by atoms with van der Waals surface area (Å²) in [5.41, 5.74) is 3.40. The van der Waals surface area contributed by atoms with Gasteiger partial charge in [-0.1, -0.05) is 0 Å². The monoisotopic (exact) mass is 458 g/mol. The first-order valence-corrected chi connectivity index (χ1v) is 11.0. The van der Waals surface area contributed by atoms with Gasteiger partial charge in [-0.05, 0) is 44.0 Å². The van der Waals surface area contributed by atoms with E-state index in [1.807, 2.05) is 30.3 Å². The molecule has 1 aliphatic rings. The minimum Gasteiger partial charge on any atom is -0.349 e. The van der Waals surface area contributed by atoms with Crippen molar-refractivity contribution in [2.75, 3.05) is 11.4 Å². The van der Waals surface area contributed by atoms with Gasteiger partial charge in [-0.25, -0.2) is 32.9 Å². The molecule has 5 aromatic rings. The van der Waals surface area contributed by atoms with E-state index in [1.165, 1.54) is 12.1 Å². The number of anilines is 1. The summed E-state index contributed by atoms with van der Waals surface area (Å²) in [4.78, 5) is 15.3. The smallest absolute Gasteiger partial charge is 0.183 e. The third-order valence-electron chi connectivity index (χ3n) is 6.14. The minimum atomic E-state index is -0.446. The van der Waals surface area contributed by atoms with Crippen LogP contribution in [0, 0.1) is 18.6 Å². The van der Waals surface area contributed by atoms with Crippen LogP contribution < -0.4 is 4.90 Å². The van der Waals surface area contributed by atoms with Gasteiger partial charge in [0.1, 0.15) is 29.0 Å². The largest absolute Gasteiger partial charge is 0.349 e. The van der Waals surface area contributed by atoms with E-state index >= 15 is 0 Å². The lowest BCUT2D eigenvalue weighted by atomic mass is 10.0. The molecule has 1 atom stereocenters. The summed E-state index contributed by atoms with van der Waals surface area (Å²) in [6.45, 7) is 2.54. The maximum atomic E-state index is 14.5. The molecule has 1 fully saturated rings. The molecule has 0 radical (unpaired) electrons. The van der Waals surface area contributed by atoms with Gasteiger partial charge >= 0.3 is 0 Å². The van der Waals surface area contributed by atoms with Crippen LogP contribution in [0.1, 0.15) is 30.3 Å². The van der Waals surface area contributed by atoms with Gasteiger partial charge in [0, 0.05) is 48.0 Å². The van der Waals surface area contributed by atoms with Gasteiger partial charge in [-0.3, -0.25) is 0 Å². The van der Waals surface area contributed by atoms with Gasteiger partial charge in [0.05, 0.1) is 18.4 Å². The van der Waals surface area contributed by atoms with E-state index in [1.54, 1.807) is 34.0 Å². The van der Waals surface area contributed by atoms with Gasteiger partial charge in [0.25, 0.3) is 0 Å². The second-order valence-electron chi connectivity index (χ2n) is 8.29. The molecule has 10 heteroatoms. The van der Waals surface area contributed by atoms with Gasteiger partial charge in [0.2, 0.25) is 0 Å². The lowest BCUT2D eigenvalue weighted by Gasteiger charge is -2.26. The van der Waals surface area contributed by atoms with Gasteiger partial charge in [0.15, 0.2) is 5.65 Å². The number of halogens is 2. The predicted molar refractivity (Wildman–Crippen MR) is 122 cm³/mol. The van der Waals surface area contributed by atoms with Crippen LogP contribution in [-0.2, 0) is 0 Å². The highest BCUT2D eigenvalue weighted by Gasteiger charge is 2.30. The average molecular weight is 458 g/mol. The highest BCUT2D eigenvalue weighted by atomic mass is 19.1. The number of rotatable bonds is 4. The van der Waals surface area contributed by atoms with Crippen molar-refractivity contribution in [2.24, 2.45) is 0 Å². The summed E-state index contributed by atoms with van der Waals surface area (Å²) in [5, 5.41) is 8.88. The van der Waals surface area contributed by atoms with Crippen LogP contribution in [0.15, 0.2) is 61.4 Å². The molecule has 0 N–H and O–H groups in total. The molecule has 5 heterocycles. The number of hydrogen-bond donors (Lipinski definition) is 0. The van der Waals surface area contributed by atoms with Crippen molar-refractivity contribution in [2.45, 2.75) is 25.8 Å². The molecular formula is C24H20F2N8. The zero-order chi connectivity index (χ0) is 23.2. The van der Waals surface area contributed by atoms with Crippen molar-refractivity contribution in [1.82, 2.24) is 34.3 Å². The third kappa shape index (κ3) is 3.47. The summed E-state index contributed by atoms with van der Waals surface area (Å²) in [5.74, 6) is 0.528. The fourth-order valence-electron chi connectivity index (χ4n) is 4.45. The van der Waals surface area contributed by atoms with Crippen molar-refractivity contribution in [3.05, 3.63) is 84.5 Å². The fourth-order valence-corrected chi connectivity index (χ4v) is 4.45. The number of benzene rings is 1. The molecule has 8 nitrogen and oxygen atoms in total. The number of fused-ring (bicyclic) bond motifs is 1. The lowest BCUT2D eigenvalue weighted by Crippen LogP contribution is -2.24. The van der Waals surface area contributed by atoms with E-state index < -0.39 is 11.6 Å². The Bertz CT molecular complexity index is 1490. The van der Waals surface area contributed by atoms with E-state index in [9.17, 15) is 8.78 Å². The van der Waals surface area contributed by atoms with Gasteiger partial charge < -0.3 is 4.90 Å². The summed E-state index contributed by atoms with van der Waals surface area (Å²) in [6, 6.07) is 5.16. The quantitative estimate of drug-likeness (QED) is 0.400. The Balaban J connectivity index is 1.37. The number of nitrogens with zero attached hydrogens (tertiary/aromatic N) is 8. The Morgan fingerprint density at radius 2 is 1.82 bits per heavy atom. The van der Waals surface area contributed by atoms with Crippen LogP contribution in [0.4, 0.5) is 14.6 Å². The lowest BCUT2D eigenvalue weighted by molar-refractivity contribution is 0.560. The number of hydrogen-bond acceptors (Lipinski definition) is 6. The highest BCUT2D eigenvalue weighted by Crippen LogP contribution is 2.37. The molecule has 0 aliphatic carbocycles. The molecule has 0 saturated carbocycles. The standard InChI is InChI=1S/C24H20F2N8/c1-15-27-10-16(11-28-15)17-12-29-34(14-17)22-13-30-33-8-6-23(31-24(22)33)32-7-2-3-21(32)19-9-18(25)4-5-20(19)26/h4-6,8-14,21H,2-3,7H2,1H3/t21-/m1/s1. The summed E-state index contributed by atoms with van der Waals surface area (Å²) >= 11 is 0. The summed E-state index contributed by atoms with van der Waals surface area (Å²) in [7, 11) is 0. The molecule has 0 bridgehead atoms. The second-order valence-corrected chi connectivity index (χ2v) is 8.29. The zero-order valence-corrected chi connectivity index (χ0v) is 18.3. The zero-order valence-electron chi connectivity index (χ0n) is 18.3. The summed E-state index contributed by atoms with van der Waals surface area (Å²) < 4.78 is 31.7. The summed E-state index contributed by atoms with van der Waals surface area (Å²) in [6.07, 6.45) is 12.2. The minimum absolute atomic E-state index is 0.283. The Morgan fingerprint density at radius 1 is 0.971 bits per heavy atom. The van der Waals surface area contributed by atoms with Crippen LogP contribution in [-0.4, -0.2) is 40.9 Å². The second kappa shape index (κ2) is 7.98. The van der Waals surface area contributed by atoms with Crippen LogP contribution in [0.5, 0.6) is 0 Å². The molecule has 6 rings (SSSR count). The molecule has 4 aromatic heterocycles. The normalized spacial score (nSPS) is 16.0. The molecule has 1 aliphatic heterocycles. The molecule has 0 amide bonds. The number of aryl methyl sites for hydroxylation is 1. The molecule has 1 aromatic carbocycles. The van der Waals surface area contributed by atoms with E-state index in [4.69, 9.17) is 4.98 Å². The van der Waals surface area contributed by atoms with Crippen molar-refractivity contribution < 1.29 is 8.78 Å². The van der Waals surface area contributed by atoms with E-state index in [-0.39, 0.29) is 6.04 Å². The topological polar surface area (TPSA) is 77.0 Å². The van der Waals surface area contributed by atoms with Gasteiger partial charge in [-0.15, -0.1) is 0 Å². The van der Waals surface area contributed by atoms with Crippen molar-refractivity contribution in [3.8, 4) is 16.8 Å². The van der Waals surface area contributed by atoms with Crippen molar-refractivity contribution in [3.63, 3.8) is 0 Å². The maximum Gasteiger partial charge on any atom is 0.183 e. The molecule has 34 heavy (non-hydrogen) atoms. The average Bonchev–Trinajstić information content (AvgIpc) is 3.60. The Hall–Kier alpha value is -4.21. The first-order chi connectivity index (χ1) is 16.6. The fraction of sp³-hybridized carbons (Fsp3) is 0.208. The van der Waals surface area contributed by atoms with Crippen LogP contribution >= 0.6 is 0 Å². The molecule has 170 valence electrons. The number of aromatic nitrogens is 7. The first kappa shape index (κ1) is 20.4. The van der Waals surface area contributed by atoms with Crippen LogP contribution in [0.2, 0.25) is 0 Å².